The van der Waals surface area contributed by atoms with Crippen LogP contribution in [0.1, 0.15) is 18.4 Å². The number of rotatable bonds is 5. The van der Waals surface area contributed by atoms with Crippen LogP contribution in [-0.2, 0) is 13.2 Å². The fourth-order valence-electron chi connectivity index (χ4n) is 2.46. The molecule has 1 saturated carbocycles. The minimum atomic E-state index is -4.54. The lowest BCUT2D eigenvalue weighted by Crippen LogP contribution is -2.07. The summed E-state index contributed by atoms with van der Waals surface area (Å²) in [6.45, 7) is -0.0524. The number of ether oxygens (including phenoxy) is 1. The second-order valence-corrected chi connectivity index (χ2v) is 5.92. The van der Waals surface area contributed by atoms with Crippen LogP contribution in [0.5, 0.6) is 5.75 Å². The molecule has 2 aromatic rings. The van der Waals surface area contributed by atoms with E-state index in [1.54, 1.807) is 19.3 Å². The molecule has 130 valence electrons. The van der Waals surface area contributed by atoms with Crippen molar-refractivity contribution >= 4 is 0 Å². The van der Waals surface area contributed by atoms with Crippen LogP contribution in [0.2, 0.25) is 0 Å². The zero-order valence-electron chi connectivity index (χ0n) is 12.8. The van der Waals surface area contributed by atoms with E-state index in [2.05, 4.69) is 5.10 Å². The highest BCUT2D eigenvalue weighted by atomic mass is 19.4. The predicted octanol–water partition coefficient (Wildman–Crippen LogP) is 4.53. The number of benzene rings is 1. The first kappa shape index (κ1) is 16.7. The van der Waals surface area contributed by atoms with Crippen LogP contribution < -0.4 is 4.74 Å². The highest BCUT2D eigenvalue weighted by molar-refractivity contribution is 5.62. The molecule has 1 aromatic heterocycles. The van der Waals surface area contributed by atoms with Crippen molar-refractivity contribution in [1.82, 2.24) is 9.78 Å². The Hall–Kier alpha value is -2.12. The Balaban J connectivity index is 1.79. The molecule has 1 aliphatic carbocycles. The minimum Gasteiger partial charge on any atom is -0.494 e. The van der Waals surface area contributed by atoms with Gasteiger partial charge in [-0.05, 0) is 30.7 Å². The number of nitrogens with zero attached hydrogens (tertiary/aromatic N) is 2. The Bertz CT molecular complexity index is 738. The number of alkyl halides is 5. The number of aromatic nitrogens is 2. The molecular weight excluding hydrogens is 331 g/mol. The monoisotopic (exact) mass is 346 g/mol. The van der Waals surface area contributed by atoms with E-state index in [4.69, 9.17) is 4.74 Å². The molecule has 8 heteroatoms. The maximum absolute atomic E-state index is 13.1. The molecule has 1 aliphatic rings. The zero-order valence-corrected chi connectivity index (χ0v) is 12.8. The van der Waals surface area contributed by atoms with Gasteiger partial charge in [0.1, 0.15) is 5.75 Å². The first-order chi connectivity index (χ1) is 11.1. The van der Waals surface area contributed by atoms with Crippen molar-refractivity contribution < 1.29 is 26.7 Å². The molecule has 0 N–H and O–H groups in total. The van der Waals surface area contributed by atoms with Gasteiger partial charge >= 0.3 is 6.18 Å². The molecule has 3 rings (SSSR count). The molecule has 1 heterocycles. The van der Waals surface area contributed by atoms with E-state index in [9.17, 15) is 22.0 Å². The number of aryl methyl sites for hydroxylation is 1. The SMILES string of the molecule is Cn1ccc(-c2cc(OCCC3CC3(F)F)cc(C(F)(F)F)c2)n1. The summed E-state index contributed by atoms with van der Waals surface area (Å²) in [6.07, 6.45) is -2.99. The maximum Gasteiger partial charge on any atom is 0.416 e. The first-order valence-corrected chi connectivity index (χ1v) is 7.38. The molecule has 0 radical (unpaired) electrons. The van der Waals surface area contributed by atoms with Crippen LogP contribution in [0.4, 0.5) is 22.0 Å². The summed E-state index contributed by atoms with van der Waals surface area (Å²) < 4.78 is 71.5. The minimum absolute atomic E-state index is 0.00514. The third kappa shape index (κ3) is 3.68. The second kappa shape index (κ2) is 5.75. The van der Waals surface area contributed by atoms with Crippen molar-refractivity contribution in [2.75, 3.05) is 6.61 Å². The van der Waals surface area contributed by atoms with E-state index in [0.29, 0.717) is 5.69 Å². The van der Waals surface area contributed by atoms with Crippen molar-refractivity contribution in [3.63, 3.8) is 0 Å². The second-order valence-electron chi connectivity index (χ2n) is 5.92. The van der Waals surface area contributed by atoms with Gasteiger partial charge in [-0.2, -0.15) is 18.3 Å². The molecular formula is C16H15F5N2O. The summed E-state index contributed by atoms with van der Waals surface area (Å²) in [5.41, 5.74) is -0.225. The van der Waals surface area contributed by atoms with Gasteiger partial charge in [0.25, 0.3) is 5.92 Å². The van der Waals surface area contributed by atoms with Gasteiger partial charge in [0.05, 0.1) is 17.9 Å². The Morgan fingerprint density at radius 1 is 1.29 bits per heavy atom. The van der Waals surface area contributed by atoms with Crippen molar-refractivity contribution in [3.05, 3.63) is 36.0 Å². The highest BCUT2D eigenvalue weighted by Crippen LogP contribution is 2.50. The van der Waals surface area contributed by atoms with E-state index in [-0.39, 0.29) is 30.8 Å². The predicted molar refractivity (Wildman–Crippen MR) is 76.8 cm³/mol. The van der Waals surface area contributed by atoms with Crippen LogP contribution in [0.25, 0.3) is 11.3 Å². The molecule has 1 atom stereocenters. The van der Waals surface area contributed by atoms with Crippen LogP contribution in [0.15, 0.2) is 30.5 Å². The summed E-state index contributed by atoms with van der Waals surface area (Å²) in [5, 5.41) is 4.08. The van der Waals surface area contributed by atoms with Crippen LogP contribution in [0, 0.1) is 5.92 Å². The molecule has 0 amide bonds. The summed E-state index contributed by atoms with van der Waals surface area (Å²) in [4.78, 5) is 0. The number of hydrogen-bond acceptors (Lipinski definition) is 2. The van der Waals surface area contributed by atoms with Crippen molar-refractivity contribution in [2.45, 2.75) is 24.9 Å². The Kier molecular flexibility index (Phi) is 4.01. The van der Waals surface area contributed by atoms with E-state index in [1.807, 2.05) is 0 Å². The zero-order chi connectivity index (χ0) is 17.5. The fraction of sp³-hybridized carbons (Fsp3) is 0.438. The van der Waals surface area contributed by atoms with E-state index in [0.717, 1.165) is 12.1 Å². The molecule has 1 unspecified atom stereocenters. The molecule has 0 saturated heterocycles. The van der Waals surface area contributed by atoms with Gasteiger partial charge in [-0.3, -0.25) is 4.68 Å². The third-order valence-corrected chi connectivity index (χ3v) is 3.93. The normalized spacial score (nSPS) is 19.3. The molecule has 1 aromatic carbocycles. The fourth-order valence-corrected chi connectivity index (χ4v) is 2.46. The molecule has 0 bridgehead atoms. The summed E-state index contributed by atoms with van der Waals surface area (Å²) in [6, 6.07) is 4.88. The summed E-state index contributed by atoms with van der Waals surface area (Å²) in [5.74, 6) is -3.40. The average Bonchev–Trinajstić information content (AvgIpc) is 2.89. The van der Waals surface area contributed by atoms with Gasteiger partial charge in [-0.1, -0.05) is 0 Å². The Morgan fingerprint density at radius 2 is 2.00 bits per heavy atom. The smallest absolute Gasteiger partial charge is 0.416 e. The molecule has 0 spiro atoms. The van der Waals surface area contributed by atoms with Crippen LogP contribution >= 0.6 is 0 Å². The molecule has 0 aliphatic heterocycles. The lowest BCUT2D eigenvalue weighted by atomic mass is 10.1. The molecule has 24 heavy (non-hydrogen) atoms. The molecule has 1 fully saturated rings. The van der Waals surface area contributed by atoms with Crippen molar-refractivity contribution in [2.24, 2.45) is 13.0 Å². The van der Waals surface area contributed by atoms with Gasteiger partial charge in [-0.25, -0.2) is 8.78 Å². The lowest BCUT2D eigenvalue weighted by molar-refractivity contribution is -0.137. The van der Waals surface area contributed by atoms with Crippen molar-refractivity contribution in [1.29, 1.82) is 0 Å². The van der Waals surface area contributed by atoms with Gasteiger partial charge in [-0.15, -0.1) is 0 Å². The van der Waals surface area contributed by atoms with E-state index >= 15 is 0 Å². The summed E-state index contributed by atoms with van der Waals surface area (Å²) in [7, 11) is 1.66. The van der Waals surface area contributed by atoms with Gasteiger partial charge in [0.2, 0.25) is 0 Å². The first-order valence-electron chi connectivity index (χ1n) is 7.38. The largest absolute Gasteiger partial charge is 0.494 e. The Morgan fingerprint density at radius 3 is 2.54 bits per heavy atom. The van der Waals surface area contributed by atoms with Gasteiger partial charge in [0, 0.05) is 31.1 Å². The number of halogens is 5. The highest BCUT2D eigenvalue weighted by Gasteiger charge is 2.56. The quantitative estimate of drug-likeness (QED) is 0.744. The van der Waals surface area contributed by atoms with E-state index < -0.39 is 23.6 Å². The maximum atomic E-state index is 13.1. The lowest BCUT2D eigenvalue weighted by Gasteiger charge is -2.12. The van der Waals surface area contributed by atoms with E-state index in [1.165, 1.54) is 10.7 Å². The number of hydrogen-bond donors (Lipinski definition) is 0. The molecule has 3 nitrogen and oxygen atoms in total. The van der Waals surface area contributed by atoms with Gasteiger partial charge in [0.15, 0.2) is 0 Å². The van der Waals surface area contributed by atoms with Crippen LogP contribution in [-0.4, -0.2) is 22.3 Å². The third-order valence-electron chi connectivity index (χ3n) is 3.93. The Labute approximate surface area is 135 Å². The van der Waals surface area contributed by atoms with Crippen molar-refractivity contribution in [3.8, 4) is 17.0 Å². The average molecular weight is 346 g/mol. The topological polar surface area (TPSA) is 27.1 Å². The van der Waals surface area contributed by atoms with Gasteiger partial charge < -0.3 is 4.74 Å². The van der Waals surface area contributed by atoms with Crippen LogP contribution in [0.3, 0.4) is 0 Å². The standard InChI is InChI=1S/C16H15F5N2O/c1-23-4-2-14(22-23)10-6-12(16(19,20)21)8-13(7-10)24-5-3-11-9-15(11,17)18/h2,4,6-8,11H,3,5,9H2,1H3. The summed E-state index contributed by atoms with van der Waals surface area (Å²) >= 11 is 0.